The zero-order chi connectivity index (χ0) is 18.9. The lowest BCUT2D eigenvalue weighted by Gasteiger charge is -2.27. The van der Waals surface area contributed by atoms with Gasteiger partial charge in [0.25, 0.3) is 5.56 Å². The number of H-pyrrole nitrogens is 1. The lowest BCUT2D eigenvalue weighted by Crippen LogP contribution is -2.36. The summed E-state index contributed by atoms with van der Waals surface area (Å²) in [6.07, 6.45) is 5.66. The van der Waals surface area contributed by atoms with Gasteiger partial charge in [0.05, 0.1) is 22.7 Å². The highest BCUT2D eigenvalue weighted by Crippen LogP contribution is 2.18. The molecular weight excluding hydrogens is 352 g/mol. The molecule has 0 saturated carbocycles. The fraction of sp³-hybridized carbons (Fsp3) is 0.381. The number of aromatic amines is 1. The molecule has 5 rings (SSSR count). The van der Waals surface area contributed by atoms with E-state index < -0.39 is 0 Å². The Balaban J connectivity index is 1.37. The first-order valence-corrected chi connectivity index (χ1v) is 9.85. The Labute approximate surface area is 162 Å². The Morgan fingerprint density at radius 1 is 1.11 bits per heavy atom. The zero-order valence-electron chi connectivity index (χ0n) is 15.7. The number of hydrogen-bond acceptors (Lipinski definition) is 6. The number of nitrogens with zero attached hydrogens (tertiary/aromatic N) is 5. The molecule has 2 aliphatic heterocycles. The molecule has 5 heterocycles. The Bertz CT molecular complexity index is 1120. The van der Waals surface area contributed by atoms with E-state index in [0.29, 0.717) is 18.9 Å². The van der Waals surface area contributed by atoms with Crippen LogP contribution in [0, 0.1) is 0 Å². The van der Waals surface area contributed by atoms with Crippen LogP contribution in [0.25, 0.3) is 11.0 Å². The van der Waals surface area contributed by atoms with Crippen molar-refractivity contribution in [2.75, 3.05) is 13.1 Å². The SMILES string of the molecule is O=c1[nH]c(C2=NCCCC2)nc2c1CN(Cc1ccc3cccnc3n1)CC2. The maximum atomic E-state index is 12.7. The Kier molecular flexibility index (Phi) is 4.44. The number of aromatic nitrogens is 4. The van der Waals surface area contributed by atoms with E-state index in [0.717, 1.165) is 72.5 Å². The molecule has 0 unspecified atom stereocenters. The molecule has 3 aromatic heterocycles. The lowest BCUT2D eigenvalue weighted by atomic mass is 10.0. The zero-order valence-corrected chi connectivity index (χ0v) is 15.7. The van der Waals surface area contributed by atoms with Crippen LogP contribution >= 0.6 is 0 Å². The van der Waals surface area contributed by atoms with E-state index in [1.54, 1.807) is 6.20 Å². The van der Waals surface area contributed by atoms with Gasteiger partial charge in [0.1, 0.15) is 0 Å². The van der Waals surface area contributed by atoms with Crippen LogP contribution in [0.3, 0.4) is 0 Å². The number of rotatable bonds is 3. The maximum absolute atomic E-state index is 12.7. The molecule has 0 amide bonds. The van der Waals surface area contributed by atoms with Crippen molar-refractivity contribution in [3.8, 4) is 0 Å². The molecule has 7 heteroatoms. The number of hydrogen-bond donors (Lipinski definition) is 1. The molecule has 2 aliphatic rings. The monoisotopic (exact) mass is 374 g/mol. The van der Waals surface area contributed by atoms with Crippen LogP contribution < -0.4 is 5.56 Å². The standard InChI is InChI=1S/C21H22N6O/c28-21-16-13-27(12-15-7-6-14-4-3-10-23-19(14)24-15)11-8-17(16)25-20(26-21)18-5-1-2-9-22-18/h3-4,6-7,10H,1-2,5,8-9,11-13H2,(H,25,26,28). The summed E-state index contributed by atoms with van der Waals surface area (Å²) < 4.78 is 0. The lowest BCUT2D eigenvalue weighted by molar-refractivity contribution is 0.239. The summed E-state index contributed by atoms with van der Waals surface area (Å²) in [5, 5.41) is 1.04. The first-order valence-electron chi connectivity index (χ1n) is 9.85. The number of fused-ring (bicyclic) bond motifs is 2. The molecule has 0 aromatic carbocycles. The summed E-state index contributed by atoms with van der Waals surface area (Å²) in [6.45, 7) is 2.97. The van der Waals surface area contributed by atoms with Crippen molar-refractivity contribution < 1.29 is 0 Å². The number of aliphatic imine (C=N–C) groups is 1. The molecule has 0 bridgehead atoms. The minimum Gasteiger partial charge on any atom is -0.305 e. The number of nitrogens with one attached hydrogen (secondary N) is 1. The second-order valence-corrected chi connectivity index (χ2v) is 7.44. The highest BCUT2D eigenvalue weighted by Gasteiger charge is 2.23. The van der Waals surface area contributed by atoms with Crippen molar-refractivity contribution in [3.63, 3.8) is 0 Å². The third-order valence-electron chi connectivity index (χ3n) is 5.45. The average molecular weight is 374 g/mol. The van der Waals surface area contributed by atoms with Gasteiger partial charge in [0, 0.05) is 44.2 Å². The Hall–Kier alpha value is -2.93. The summed E-state index contributed by atoms with van der Waals surface area (Å²) in [5.41, 5.74) is 4.32. The Morgan fingerprint density at radius 3 is 2.96 bits per heavy atom. The van der Waals surface area contributed by atoms with Gasteiger partial charge in [0.15, 0.2) is 11.5 Å². The summed E-state index contributed by atoms with van der Waals surface area (Å²) in [7, 11) is 0. The summed E-state index contributed by atoms with van der Waals surface area (Å²) in [4.78, 5) is 36.2. The van der Waals surface area contributed by atoms with Crippen molar-refractivity contribution >= 4 is 16.7 Å². The van der Waals surface area contributed by atoms with Gasteiger partial charge in [-0.3, -0.25) is 14.7 Å². The van der Waals surface area contributed by atoms with Crippen molar-refractivity contribution in [1.82, 2.24) is 24.8 Å². The van der Waals surface area contributed by atoms with E-state index in [2.05, 4.69) is 24.8 Å². The highest BCUT2D eigenvalue weighted by molar-refractivity contribution is 5.97. The predicted molar refractivity (Wildman–Crippen MR) is 107 cm³/mol. The third kappa shape index (κ3) is 3.33. The summed E-state index contributed by atoms with van der Waals surface area (Å²) >= 11 is 0. The van der Waals surface area contributed by atoms with E-state index in [1.807, 2.05) is 24.3 Å². The molecule has 0 spiro atoms. The van der Waals surface area contributed by atoms with Gasteiger partial charge < -0.3 is 4.98 Å². The van der Waals surface area contributed by atoms with Crippen LogP contribution in [0.2, 0.25) is 0 Å². The van der Waals surface area contributed by atoms with Crippen LogP contribution in [0.5, 0.6) is 0 Å². The van der Waals surface area contributed by atoms with Gasteiger partial charge in [-0.1, -0.05) is 0 Å². The minimum absolute atomic E-state index is 0.0360. The molecule has 142 valence electrons. The van der Waals surface area contributed by atoms with E-state index in [1.165, 1.54) is 0 Å². The van der Waals surface area contributed by atoms with Crippen molar-refractivity contribution in [3.05, 3.63) is 63.6 Å². The van der Waals surface area contributed by atoms with Gasteiger partial charge >= 0.3 is 0 Å². The second-order valence-electron chi connectivity index (χ2n) is 7.44. The molecule has 3 aromatic rings. The van der Waals surface area contributed by atoms with Gasteiger partial charge in [-0.05, 0) is 43.5 Å². The largest absolute Gasteiger partial charge is 0.305 e. The third-order valence-corrected chi connectivity index (χ3v) is 5.45. The summed E-state index contributed by atoms with van der Waals surface area (Å²) in [5.74, 6) is 0.666. The van der Waals surface area contributed by atoms with Crippen molar-refractivity contribution in [1.29, 1.82) is 0 Å². The molecule has 28 heavy (non-hydrogen) atoms. The molecule has 0 fully saturated rings. The van der Waals surface area contributed by atoms with Crippen molar-refractivity contribution in [2.45, 2.75) is 38.8 Å². The second kappa shape index (κ2) is 7.24. The molecule has 0 aliphatic carbocycles. The van der Waals surface area contributed by atoms with Crippen LogP contribution in [0.4, 0.5) is 0 Å². The number of pyridine rings is 2. The van der Waals surface area contributed by atoms with Gasteiger partial charge in [0.2, 0.25) is 0 Å². The molecule has 0 saturated heterocycles. The Morgan fingerprint density at radius 2 is 2.07 bits per heavy atom. The first kappa shape index (κ1) is 17.2. The van der Waals surface area contributed by atoms with Crippen molar-refractivity contribution in [2.24, 2.45) is 4.99 Å². The molecule has 0 radical (unpaired) electrons. The first-order chi connectivity index (χ1) is 13.8. The fourth-order valence-electron chi connectivity index (χ4n) is 3.95. The topological polar surface area (TPSA) is 87.1 Å². The fourth-order valence-corrected chi connectivity index (χ4v) is 3.95. The van der Waals surface area contributed by atoms with Crippen LogP contribution in [0.15, 0.2) is 40.2 Å². The molecule has 0 atom stereocenters. The van der Waals surface area contributed by atoms with E-state index >= 15 is 0 Å². The van der Waals surface area contributed by atoms with Crippen LogP contribution in [-0.4, -0.2) is 43.6 Å². The molecule has 1 N–H and O–H groups in total. The summed E-state index contributed by atoms with van der Waals surface area (Å²) in [6, 6.07) is 8.01. The quantitative estimate of drug-likeness (QED) is 0.760. The minimum atomic E-state index is -0.0360. The average Bonchev–Trinajstić information content (AvgIpc) is 2.74. The molecule has 7 nitrogen and oxygen atoms in total. The normalized spacial score (nSPS) is 17.4. The molecular formula is C21H22N6O. The predicted octanol–water partition coefficient (Wildman–Crippen LogP) is 2.24. The maximum Gasteiger partial charge on any atom is 0.255 e. The smallest absolute Gasteiger partial charge is 0.255 e. The van der Waals surface area contributed by atoms with Gasteiger partial charge in [-0.25, -0.2) is 15.0 Å². The van der Waals surface area contributed by atoms with E-state index in [-0.39, 0.29) is 5.56 Å². The van der Waals surface area contributed by atoms with E-state index in [4.69, 9.17) is 4.98 Å². The van der Waals surface area contributed by atoms with Crippen LogP contribution in [0.1, 0.15) is 42.0 Å². The van der Waals surface area contributed by atoms with Gasteiger partial charge in [-0.2, -0.15) is 0 Å². The van der Waals surface area contributed by atoms with E-state index in [9.17, 15) is 4.79 Å². The van der Waals surface area contributed by atoms with Crippen LogP contribution in [-0.2, 0) is 19.5 Å². The van der Waals surface area contributed by atoms with Gasteiger partial charge in [-0.15, -0.1) is 0 Å². The highest BCUT2D eigenvalue weighted by atomic mass is 16.1.